The molecule has 0 saturated carbocycles. The Labute approximate surface area is 156 Å². The second-order valence-corrected chi connectivity index (χ2v) is 6.37. The number of furan rings is 1. The third-order valence-electron chi connectivity index (χ3n) is 4.51. The lowest BCUT2D eigenvalue weighted by atomic mass is 10.1. The molecule has 0 aliphatic carbocycles. The molecule has 4 rings (SSSR count). The normalized spacial score (nSPS) is 12.1. The van der Waals surface area contributed by atoms with Crippen molar-refractivity contribution in [2.45, 2.75) is 13.0 Å². The number of anilines is 2. The number of rotatable bonds is 5. The minimum Gasteiger partial charge on any atom is -0.495 e. The molecule has 0 aliphatic rings. The van der Waals surface area contributed by atoms with Gasteiger partial charge in [0.25, 0.3) is 0 Å². The van der Waals surface area contributed by atoms with Gasteiger partial charge in [-0.05, 0) is 31.2 Å². The summed E-state index contributed by atoms with van der Waals surface area (Å²) in [4.78, 5) is 12.6. The molecule has 136 valence electrons. The Morgan fingerprint density at radius 1 is 0.963 bits per heavy atom. The van der Waals surface area contributed by atoms with Gasteiger partial charge in [-0.3, -0.25) is 4.79 Å². The summed E-state index contributed by atoms with van der Waals surface area (Å²) < 4.78 is 11.4. The first-order valence-electron chi connectivity index (χ1n) is 8.77. The van der Waals surface area contributed by atoms with Crippen LogP contribution < -0.4 is 15.4 Å². The SMILES string of the molecule is COc1cc2c(cc1NC(=O)[C@@H](C)Nc1ccccc1)oc1ccccc12. The quantitative estimate of drug-likeness (QED) is 0.524. The average molecular weight is 360 g/mol. The van der Waals surface area contributed by atoms with Crippen molar-refractivity contribution in [2.24, 2.45) is 0 Å². The lowest BCUT2D eigenvalue weighted by molar-refractivity contribution is -0.116. The number of carbonyl (C=O) groups is 1. The fourth-order valence-corrected chi connectivity index (χ4v) is 3.11. The molecular weight excluding hydrogens is 340 g/mol. The first-order valence-corrected chi connectivity index (χ1v) is 8.77. The van der Waals surface area contributed by atoms with E-state index >= 15 is 0 Å². The Morgan fingerprint density at radius 3 is 2.48 bits per heavy atom. The van der Waals surface area contributed by atoms with Crippen LogP contribution in [0.2, 0.25) is 0 Å². The average Bonchev–Trinajstić information content (AvgIpc) is 3.05. The van der Waals surface area contributed by atoms with E-state index in [1.807, 2.05) is 67.6 Å². The third-order valence-corrected chi connectivity index (χ3v) is 4.51. The van der Waals surface area contributed by atoms with E-state index in [1.54, 1.807) is 13.2 Å². The monoisotopic (exact) mass is 360 g/mol. The van der Waals surface area contributed by atoms with Crippen LogP contribution in [-0.4, -0.2) is 19.1 Å². The van der Waals surface area contributed by atoms with Crippen LogP contribution >= 0.6 is 0 Å². The number of carbonyl (C=O) groups excluding carboxylic acids is 1. The Bertz CT molecular complexity index is 1100. The van der Waals surface area contributed by atoms with Crippen molar-refractivity contribution in [3.8, 4) is 5.75 Å². The maximum absolute atomic E-state index is 12.6. The maximum atomic E-state index is 12.6. The zero-order valence-corrected chi connectivity index (χ0v) is 15.2. The van der Waals surface area contributed by atoms with E-state index < -0.39 is 6.04 Å². The molecular formula is C22H20N2O3. The van der Waals surface area contributed by atoms with Gasteiger partial charge in [-0.1, -0.05) is 36.4 Å². The number of para-hydroxylation sites is 2. The zero-order valence-electron chi connectivity index (χ0n) is 15.2. The van der Waals surface area contributed by atoms with Gasteiger partial charge < -0.3 is 19.8 Å². The van der Waals surface area contributed by atoms with Crippen LogP contribution in [0.15, 0.2) is 71.1 Å². The van der Waals surface area contributed by atoms with Gasteiger partial charge in [0.05, 0.1) is 12.8 Å². The first-order chi connectivity index (χ1) is 13.2. The maximum Gasteiger partial charge on any atom is 0.246 e. The van der Waals surface area contributed by atoms with E-state index in [-0.39, 0.29) is 5.91 Å². The van der Waals surface area contributed by atoms with Gasteiger partial charge in [0, 0.05) is 22.5 Å². The molecule has 0 bridgehead atoms. The second-order valence-electron chi connectivity index (χ2n) is 6.37. The van der Waals surface area contributed by atoms with Gasteiger partial charge in [-0.15, -0.1) is 0 Å². The lowest BCUT2D eigenvalue weighted by Crippen LogP contribution is -2.31. The molecule has 0 aliphatic heterocycles. The molecule has 1 heterocycles. The van der Waals surface area contributed by atoms with Crippen LogP contribution in [0.3, 0.4) is 0 Å². The van der Waals surface area contributed by atoms with Gasteiger partial charge in [0.1, 0.15) is 23.0 Å². The predicted octanol–water partition coefficient (Wildman–Crippen LogP) is 5.03. The van der Waals surface area contributed by atoms with E-state index in [2.05, 4.69) is 10.6 Å². The third kappa shape index (κ3) is 3.31. The molecule has 0 saturated heterocycles. The number of nitrogens with one attached hydrogen (secondary N) is 2. The fourth-order valence-electron chi connectivity index (χ4n) is 3.11. The molecule has 5 nitrogen and oxygen atoms in total. The van der Waals surface area contributed by atoms with E-state index in [0.29, 0.717) is 17.0 Å². The van der Waals surface area contributed by atoms with Crippen LogP contribution in [0.25, 0.3) is 21.9 Å². The highest BCUT2D eigenvalue weighted by atomic mass is 16.5. The molecule has 1 aromatic heterocycles. The fraction of sp³-hybridized carbons (Fsp3) is 0.136. The highest BCUT2D eigenvalue weighted by Crippen LogP contribution is 2.36. The molecule has 0 spiro atoms. The van der Waals surface area contributed by atoms with E-state index in [1.165, 1.54) is 0 Å². The largest absolute Gasteiger partial charge is 0.495 e. The summed E-state index contributed by atoms with van der Waals surface area (Å²) in [6.07, 6.45) is 0. The number of fused-ring (bicyclic) bond motifs is 3. The first kappa shape index (κ1) is 17.0. The second kappa shape index (κ2) is 7.03. The summed E-state index contributed by atoms with van der Waals surface area (Å²) in [6, 6.07) is 20.7. The Kier molecular flexibility index (Phi) is 4.42. The Balaban J connectivity index is 1.62. The number of hydrogen-bond donors (Lipinski definition) is 2. The molecule has 0 unspecified atom stereocenters. The number of hydrogen-bond acceptors (Lipinski definition) is 4. The predicted molar refractivity (Wildman–Crippen MR) is 108 cm³/mol. The molecule has 2 N–H and O–H groups in total. The van der Waals surface area contributed by atoms with Crippen LogP contribution in [0.1, 0.15) is 6.92 Å². The summed E-state index contributed by atoms with van der Waals surface area (Å²) >= 11 is 0. The highest BCUT2D eigenvalue weighted by molar-refractivity contribution is 6.08. The minimum absolute atomic E-state index is 0.160. The van der Waals surface area contributed by atoms with Crippen molar-refractivity contribution in [3.63, 3.8) is 0 Å². The smallest absolute Gasteiger partial charge is 0.246 e. The minimum atomic E-state index is -0.413. The topological polar surface area (TPSA) is 63.5 Å². The van der Waals surface area contributed by atoms with Crippen LogP contribution in [0, 0.1) is 0 Å². The standard InChI is InChI=1S/C22H20N2O3/c1-14(23-15-8-4-3-5-9-15)22(25)24-18-13-20-17(12-21(18)26-2)16-10-6-7-11-19(16)27-20/h3-14,23H,1-2H3,(H,24,25)/t14-/m1/s1. The summed E-state index contributed by atoms with van der Waals surface area (Å²) in [6.45, 7) is 1.81. The molecule has 1 atom stereocenters. The molecule has 27 heavy (non-hydrogen) atoms. The summed E-state index contributed by atoms with van der Waals surface area (Å²) in [5.74, 6) is 0.432. The van der Waals surface area contributed by atoms with Crippen molar-refractivity contribution in [2.75, 3.05) is 17.7 Å². The van der Waals surface area contributed by atoms with Crippen LogP contribution in [-0.2, 0) is 4.79 Å². The number of amides is 1. The number of ether oxygens (including phenoxy) is 1. The molecule has 3 aromatic carbocycles. The molecule has 0 radical (unpaired) electrons. The summed E-state index contributed by atoms with van der Waals surface area (Å²) in [7, 11) is 1.59. The van der Waals surface area contributed by atoms with Crippen molar-refractivity contribution in [3.05, 3.63) is 66.7 Å². The van der Waals surface area contributed by atoms with Gasteiger partial charge in [-0.2, -0.15) is 0 Å². The molecule has 4 aromatic rings. The molecule has 0 fully saturated rings. The van der Waals surface area contributed by atoms with Crippen LogP contribution in [0.5, 0.6) is 5.75 Å². The van der Waals surface area contributed by atoms with Crippen molar-refractivity contribution < 1.29 is 13.9 Å². The Hall–Kier alpha value is -3.47. The number of benzene rings is 3. The molecule has 1 amide bonds. The van der Waals surface area contributed by atoms with E-state index in [4.69, 9.17) is 9.15 Å². The zero-order chi connectivity index (χ0) is 18.8. The van der Waals surface area contributed by atoms with Gasteiger partial charge >= 0.3 is 0 Å². The van der Waals surface area contributed by atoms with Crippen molar-refractivity contribution >= 4 is 39.2 Å². The van der Waals surface area contributed by atoms with Gasteiger partial charge in [-0.25, -0.2) is 0 Å². The summed E-state index contributed by atoms with van der Waals surface area (Å²) in [5, 5.41) is 8.08. The van der Waals surface area contributed by atoms with Crippen molar-refractivity contribution in [1.82, 2.24) is 0 Å². The van der Waals surface area contributed by atoms with Crippen LogP contribution in [0.4, 0.5) is 11.4 Å². The van der Waals surface area contributed by atoms with Crippen molar-refractivity contribution in [1.29, 1.82) is 0 Å². The van der Waals surface area contributed by atoms with Gasteiger partial charge in [0.2, 0.25) is 5.91 Å². The highest BCUT2D eigenvalue weighted by Gasteiger charge is 2.17. The Morgan fingerprint density at radius 2 is 1.70 bits per heavy atom. The van der Waals surface area contributed by atoms with E-state index in [9.17, 15) is 4.79 Å². The molecule has 5 heteroatoms. The van der Waals surface area contributed by atoms with E-state index in [0.717, 1.165) is 22.0 Å². The number of methoxy groups -OCH3 is 1. The summed E-state index contributed by atoms with van der Waals surface area (Å²) in [5.41, 5.74) is 2.98. The lowest BCUT2D eigenvalue weighted by Gasteiger charge is -2.16. The van der Waals surface area contributed by atoms with Gasteiger partial charge in [0.15, 0.2) is 0 Å².